The van der Waals surface area contributed by atoms with Crippen molar-refractivity contribution in [3.63, 3.8) is 0 Å². The van der Waals surface area contributed by atoms with Crippen LogP contribution < -0.4 is 5.32 Å². The first kappa shape index (κ1) is 17.2. The lowest BCUT2D eigenvalue weighted by Crippen LogP contribution is -2.60. The number of hydrogen-bond acceptors (Lipinski definition) is 4. The van der Waals surface area contributed by atoms with Crippen LogP contribution in [0.3, 0.4) is 0 Å². The maximum atomic E-state index is 13.4. The molecule has 0 unspecified atom stereocenters. The molecule has 0 radical (unpaired) electrons. The molecular weight excluding hydrogens is 362 g/mol. The minimum atomic E-state index is -0.344. The van der Waals surface area contributed by atoms with Gasteiger partial charge < -0.3 is 5.32 Å². The van der Waals surface area contributed by atoms with Crippen molar-refractivity contribution >= 4 is 23.2 Å². The van der Waals surface area contributed by atoms with Gasteiger partial charge in [0.1, 0.15) is 0 Å². The second kappa shape index (κ2) is 5.77. The Balaban J connectivity index is 1.46. The summed E-state index contributed by atoms with van der Waals surface area (Å²) in [6.07, 6.45) is 6.07. The number of nitrogens with zero attached hydrogens (tertiary/aromatic N) is 4. The Bertz CT molecular complexity index is 909. The third-order valence-corrected chi connectivity index (χ3v) is 7.29. The van der Waals surface area contributed by atoms with Crippen molar-refractivity contribution in [2.24, 2.45) is 17.3 Å². The van der Waals surface area contributed by atoms with Crippen LogP contribution in [-0.2, 0) is 10.3 Å². The van der Waals surface area contributed by atoms with E-state index < -0.39 is 0 Å². The van der Waals surface area contributed by atoms with E-state index in [4.69, 9.17) is 11.6 Å². The molecule has 1 amide bonds. The van der Waals surface area contributed by atoms with E-state index in [9.17, 15) is 4.79 Å². The Hall–Kier alpha value is -1.95. The highest BCUT2D eigenvalue weighted by Gasteiger charge is 2.62. The highest BCUT2D eigenvalue weighted by atomic mass is 35.5. The number of amides is 1. The largest absolute Gasteiger partial charge is 0.326 e. The first-order chi connectivity index (χ1) is 12.9. The van der Waals surface area contributed by atoms with E-state index in [0.717, 1.165) is 43.4 Å². The van der Waals surface area contributed by atoms with Gasteiger partial charge >= 0.3 is 0 Å². The second-order valence-corrected chi connectivity index (χ2v) is 9.42. The fourth-order valence-electron chi connectivity index (χ4n) is 6.13. The van der Waals surface area contributed by atoms with Gasteiger partial charge in [0.25, 0.3) is 0 Å². The molecule has 6 nitrogen and oxygen atoms in total. The minimum absolute atomic E-state index is 0.123. The lowest BCUT2D eigenvalue weighted by molar-refractivity contribution is -0.152. The molecule has 1 N–H and O–H groups in total. The number of rotatable bonds is 3. The summed E-state index contributed by atoms with van der Waals surface area (Å²) >= 11 is 6.24. The Morgan fingerprint density at radius 2 is 1.96 bits per heavy atom. The standard InChI is InChI=1S/C20H24ClN5O/c1-12-3-4-16(6-17(12)21)22-18(27)19-7-14-5-15(8-19)10-20(9-14,11-19)26-24-13(2)23-25-26/h3-4,6,14-15H,5,7-11H2,1-2H3,(H,22,27)/t14-,15-,19?,20?/m0/s1. The zero-order valence-electron chi connectivity index (χ0n) is 15.7. The summed E-state index contributed by atoms with van der Waals surface area (Å²) in [6, 6.07) is 5.71. The Kier molecular flexibility index (Phi) is 3.67. The molecule has 2 aromatic rings. The van der Waals surface area contributed by atoms with Crippen LogP contribution >= 0.6 is 11.6 Å². The third kappa shape index (κ3) is 2.68. The Labute approximate surface area is 163 Å². The van der Waals surface area contributed by atoms with Gasteiger partial charge in [-0.25, -0.2) is 0 Å². The van der Waals surface area contributed by atoms with Crippen molar-refractivity contribution in [1.82, 2.24) is 20.2 Å². The number of aryl methyl sites for hydroxylation is 2. The van der Waals surface area contributed by atoms with Gasteiger partial charge in [-0.05, 0) is 87.1 Å². The molecule has 0 spiro atoms. The number of nitrogens with one attached hydrogen (secondary N) is 1. The van der Waals surface area contributed by atoms with Crippen molar-refractivity contribution in [1.29, 1.82) is 0 Å². The first-order valence-corrected chi connectivity index (χ1v) is 10.1. The van der Waals surface area contributed by atoms with Gasteiger partial charge in [-0.15, -0.1) is 10.2 Å². The molecule has 27 heavy (non-hydrogen) atoms. The first-order valence-electron chi connectivity index (χ1n) is 9.72. The summed E-state index contributed by atoms with van der Waals surface area (Å²) < 4.78 is 0. The molecule has 142 valence electrons. The molecule has 4 aliphatic carbocycles. The Morgan fingerprint density at radius 1 is 1.22 bits per heavy atom. The predicted octanol–water partition coefficient (Wildman–Crippen LogP) is 3.88. The predicted molar refractivity (Wildman–Crippen MR) is 102 cm³/mol. The van der Waals surface area contributed by atoms with Crippen LogP contribution in [0, 0.1) is 31.1 Å². The van der Waals surface area contributed by atoms with Crippen LogP contribution in [0.5, 0.6) is 0 Å². The average Bonchev–Trinajstić information content (AvgIpc) is 3.04. The van der Waals surface area contributed by atoms with E-state index >= 15 is 0 Å². The molecule has 4 aliphatic rings. The van der Waals surface area contributed by atoms with E-state index in [1.807, 2.05) is 36.8 Å². The molecule has 0 saturated heterocycles. The number of anilines is 1. The second-order valence-electron chi connectivity index (χ2n) is 9.01. The van der Waals surface area contributed by atoms with Crippen molar-refractivity contribution in [3.05, 3.63) is 34.6 Å². The maximum Gasteiger partial charge on any atom is 0.230 e. The zero-order chi connectivity index (χ0) is 18.8. The molecule has 0 aliphatic heterocycles. The third-order valence-electron chi connectivity index (χ3n) is 6.88. The number of halogens is 1. The summed E-state index contributed by atoms with van der Waals surface area (Å²) in [6.45, 7) is 3.83. The van der Waals surface area contributed by atoms with Gasteiger partial charge in [0.15, 0.2) is 5.82 Å². The molecule has 4 bridgehead atoms. The molecule has 1 heterocycles. The van der Waals surface area contributed by atoms with Gasteiger partial charge in [-0.3, -0.25) is 4.79 Å². The average molecular weight is 386 g/mol. The van der Waals surface area contributed by atoms with Gasteiger partial charge in [0.2, 0.25) is 5.91 Å². The highest BCUT2D eigenvalue weighted by Crippen LogP contribution is 2.64. The molecule has 2 atom stereocenters. The normalized spacial score (nSPS) is 34.0. The monoisotopic (exact) mass is 385 g/mol. The molecule has 6 rings (SSSR count). The van der Waals surface area contributed by atoms with Crippen LogP contribution in [0.1, 0.15) is 49.9 Å². The van der Waals surface area contributed by atoms with Gasteiger partial charge in [-0.1, -0.05) is 17.7 Å². The summed E-state index contributed by atoms with van der Waals surface area (Å²) in [5, 5.41) is 16.8. The molecule has 1 aromatic heterocycles. The minimum Gasteiger partial charge on any atom is -0.326 e. The van der Waals surface area contributed by atoms with Gasteiger partial charge in [0.05, 0.1) is 11.0 Å². The quantitative estimate of drug-likeness (QED) is 0.870. The fraction of sp³-hybridized carbons (Fsp3) is 0.600. The topological polar surface area (TPSA) is 72.7 Å². The van der Waals surface area contributed by atoms with E-state index in [0.29, 0.717) is 22.7 Å². The number of tetrazole rings is 1. The lowest BCUT2D eigenvalue weighted by Gasteiger charge is -2.60. The smallest absolute Gasteiger partial charge is 0.230 e. The van der Waals surface area contributed by atoms with Crippen LogP contribution in [0.15, 0.2) is 18.2 Å². The highest BCUT2D eigenvalue weighted by molar-refractivity contribution is 6.31. The van der Waals surface area contributed by atoms with Crippen molar-refractivity contribution in [2.45, 2.75) is 57.9 Å². The van der Waals surface area contributed by atoms with Gasteiger partial charge in [-0.2, -0.15) is 4.80 Å². The Morgan fingerprint density at radius 3 is 2.59 bits per heavy atom. The SMILES string of the molecule is Cc1nnn(C23C[C@H]4C[C@@H](CC(C(=O)Nc5ccc(C)c(Cl)c5)(C4)C2)C3)n1. The summed E-state index contributed by atoms with van der Waals surface area (Å²) in [5.41, 5.74) is 1.28. The molecular formula is C20H24ClN5O. The van der Waals surface area contributed by atoms with Crippen LogP contribution in [0.25, 0.3) is 0 Å². The van der Waals surface area contributed by atoms with E-state index in [1.165, 1.54) is 6.42 Å². The summed E-state index contributed by atoms with van der Waals surface area (Å²) in [7, 11) is 0. The number of hydrogen-bond donors (Lipinski definition) is 1. The lowest BCUT2D eigenvalue weighted by atomic mass is 9.46. The van der Waals surface area contributed by atoms with E-state index in [1.54, 1.807) is 0 Å². The molecule has 1 aromatic carbocycles. The number of carbonyl (C=O) groups is 1. The van der Waals surface area contributed by atoms with Crippen LogP contribution in [0.2, 0.25) is 5.02 Å². The van der Waals surface area contributed by atoms with Crippen molar-refractivity contribution < 1.29 is 4.79 Å². The maximum absolute atomic E-state index is 13.4. The number of benzene rings is 1. The van der Waals surface area contributed by atoms with E-state index in [2.05, 4.69) is 20.7 Å². The molecule has 4 saturated carbocycles. The number of carbonyl (C=O) groups excluding carboxylic acids is 1. The number of aromatic nitrogens is 4. The fourth-order valence-corrected chi connectivity index (χ4v) is 6.31. The van der Waals surface area contributed by atoms with Crippen LogP contribution in [0.4, 0.5) is 5.69 Å². The summed E-state index contributed by atoms with van der Waals surface area (Å²) in [4.78, 5) is 15.2. The molecule has 7 heteroatoms. The zero-order valence-corrected chi connectivity index (χ0v) is 16.5. The molecule has 4 fully saturated rings. The van der Waals surface area contributed by atoms with Gasteiger partial charge in [0, 0.05) is 10.7 Å². The summed E-state index contributed by atoms with van der Waals surface area (Å²) in [5.74, 6) is 1.94. The van der Waals surface area contributed by atoms with Crippen molar-refractivity contribution in [2.75, 3.05) is 5.32 Å². The van der Waals surface area contributed by atoms with Crippen LogP contribution in [-0.4, -0.2) is 26.1 Å². The van der Waals surface area contributed by atoms with Crippen molar-refractivity contribution in [3.8, 4) is 0 Å². The van der Waals surface area contributed by atoms with E-state index in [-0.39, 0.29) is 16.9 Å².